The van der Waals surface area contributed by atoms with Crippen molar-refractivity contribution in [3.63, 3.8) is 0 Å². The molecule has 2 aliphatic rings. The van der Waals surface area contributed by atoms with Gasteiger partial charge in [-0.25, -0.2) is 0 Å². The Bertz CT molecular complexity index is 894. The molecular formula is C24H32N4O4. The summed E-state index contributed by atoms with van der Waals surface area (Å²) < 4.78 is 10.8. The Morgan fingerprint density at radius 2 is 1.69 bits per heavy atom. The van der Waals surface area contributed by atoms with E-state index >= 15 is 0 Å². The van der Waals surface area contributed by atoms with Crippen molar-refractivity contribution < 1.29 is 18.8 Å². The van der Waals surface area contributed by atoms with Crippen LogP contribution in [0.2, 0.25) is 0 Å². The lowest BCUT2D eigenvalue weighted by atomic mass is 9.95. The molecule has 172 valence electrons. The summed E-state index contributed by atoms with van der Waals surface area (Å²) in [6.07, 6.45) is 1.43. The first-order valence-electron chi connectivity index (χ1n) is 11.4. The van der Waals surface area contributed by atoms with E-state index in [1.54, 1.807) is 0 Å². The fourth-order valence-electron chi connectivity index (χ4n) is 4.46. The highest BCUT2D eigenvalue weighted by atomic mass is 16.5. The minimum absolute atomic E-state index is 0.00297. The first-order chi connectivity index (χ1) is 15.5. The summed E-state index contributed by atoms with van der Waals surface area (Å²) in [5.41, 5.74) is 2.09. The van der Waals surface area contributed by atoms with E-state index in [0.717, 1.165) is 62.6 Å². The summed E-state index contributed by atoms with van der Waals surface area (Å²) in [6, 6.07) is 9.36. The molecule has 0 bridgehead atoms. The quantitative estimate of drug-likeness (QED) is 0.686. The van der Waals surface area contributed by atoms with Crippen LogP contribution in [-0.2, 0) is 16.1 Å². The molecule has 1 aromatic carbocycles. The molecule has 8 nitrogen and oxygen atoms in total. The lowest BCUT2D eigenvalue weighted by Gasteiger charge is -2.38. The number of benzene rings is 1. The van der Waals surface area contributed by atoms with E-state index in [0.29, 0.717) is 18.8 Å². The zero-order valence-electron chi connectivity index (χ0n) is 19.0. The van der Waals surface area contributed by atoms with Crippen LogP contribution in [0.15, 0.2) is 34.9 Å². The van der Waals surface area contributed by atoms with Gasteiger partial charge >= 0.3 is 0 Å². The average Bonchev–Trinajstić information content (AvgIpc) is 3.15. The van der Waals surface area contributed by atoms with E-state index in [1.807, 2.05) is 54.0 Å². The van der Waals surface area contributed by atoms with Gasteiger partial charge in [-0.2, -0.15) is 0 Å². The Hall–Kier alpha value is -2.87. The minimum atomic E-state index is -0.0207. The van der Waals surface area contributed by atoms with E-state index in [4.69, 9.17) is 9.26 Å². The zero-order valence-corrected chi connectivity index (χ0v) is 19.0. The smallest absolute Gasteiger partial charge is 0.260 e. The Morgan fingerprint density at radius 3 is 2.31 bits per heavy atom. The van der Waals surface area contributed by atoms with Gasteiger partial charge in [0.1, 0.15) is 11.5 Å². The van der Waals surface area contributed by atoms with Crippen LogP contribution in [0, 0.1) is 19.8 Å². The maximum Gasteiger partial charge on any atom is 0.260 e. The van der Waals surface area contributed by atoms with E-state index in [2.05, 4.69) is 10.1 Å². The van der Waals surface area contributed by atoms with Crippen molar-refractivity contribution in [3.8, 4) is 5.75 Å². The van der Waals surface area contributed by atoms with Crippen molar-refractivity contribution >= 4 is 11.8 Å². The number of aromatic nitrogens is 1. The van der Waals surface area contributed by atoms with Crippen LogP contribution in [-0.4, -0.2) is 77.5 Å². The number of hydrogen-bond acceptors (Lipinski definition) is 6. The van der Waals surface area contributed by atoms with Crippen molar-refractivity contribution in [1.29, 1.82) is 0 Å². The lowest BCUT2D eigenvalue weighted by molar-refractivity contribution is -0.142. The topological polar surface area (TPSA) is 79.1 Å². The molecule has 4 rings (SSSR count). The number of rotatable bonds is 6. The molecule has 0 unspecified atom stereocenters. The number of para-hydroxylation sites is 1. The monoisotopic (exact) mass is 440 g/mol. The summed E-state index contributed by atoms with van der Waals surface area (Å²) in [7, 11) is 0. The van der Waals surface area contributed by atoms with Gasteiger partial charge < -0.3 is 19.1 Å². The molecule has 8 heteroatoms. The Labute approximate surface area is 189 Å². The first-order valence-corrected chi connectivity index (χ1v) is 11.4. The average molecular weight is 441 g/mol. The number of aryl methyl sites for hydroxylation is 2. The summed E-state index contributed by atoms with van der Waals surface area (Å²) >= 11 is 0. The van der Waals surface area contributed by atoms with Gasteiger partial charge in [-0.15, -0.1) is 0 Å². The number of ether oxygens (including phenoxy) is 1. The van der Waals surface area contributed by atoms with E-state index in [-0.39, 0.29) is 24.3 Å². The van der Waals surface area contributed by atoms with Gasteiger partial charge in [0.05, 0.1) is 5.69 Å². The van der Waals surface area contributed by atoms with Crippen molar-refractivity contribution in [2.24, 2.45) is 5.92 Å². The third-order valence-corrected chi connectivity index (χ3v) is 6.55. The molecule has 0 radical (unpaired) electrons. The van der Waals surface area contributed by atoms with Gasteiger partial charge in [-0.05, 0) is 38.8 Å². The number of amides is 2. The van der Waals surface area contributed by atoms with Crippen LogP contribution in [0.4, 0.5) is 0 Å². The van der Waals surface area contributed by atoms with E-state index < -0.39 is 0 Å². The molecule has 0 saturated carbocycles. The van der Waals surface area contributed by atoms with Crippen molar-refractivity contribution in [2.45, 2.75) is 33.2 Å². The number of piperidine rings is 1. The van der Waals surface area contributed by atoms with Crippen molar-refractivity contribution in [1.82, 2.24) is 19.9 Å². The fraction of sp³-hybridized carbons (Fsp3) is 0.542. The van der Waals surface area contributed by atoms with Gasteiger partial charge in [0.25, 0.3) is 5.91 Å². The predicted molar refractivity (Wildman–Crippen MR) is 119 cm³/mol. The third kappa shape index (κ3) is 5.30. The summed E-state index contributed by atoms with van der Waals surface area (Å²) in [5, 5.41) is 4.03. The number of carbonyl (C=O) groups excluding carboxylic acids is 2. The number of carbonyl (C=O) groups is 2. The van der Waals surface area contributed by atoms with E-state index in [1.165, 1.54) is 0 Å². The predicted octanol–water partition coefficient (Wildman–Crippen LogP) is 2.25. The van der Waals surface area contributed by atoms with Crippen molar-refractivity contribution in [2.75, 3.05) is 45.9 Å². The summed E-state index contributed by atoms with van der Waals surface area (Å²) in [5.74, 6) is 1.78. The number of hydrogen-bond donors (Lipinski definition) is 0. The molecule has 0 spiro atoms. The highest BCUT2D eigenvalue weighted by molar-refractivity contribution is 5.80. The SMILES string of the molecule is Cc1noc(C)c1CN1CCN(C(=O)C2CCN(C(=O)COc3ccccc3)CC2)CC1. The Balaban J connectivity index is 1.19. The highest BCUT2D eigenvalue weighted by Gasteiger charge is 2.32. The number of likely N-dealkylation sites (tertiary alicyclic amines) is 1. The molecule has 2 aliphatic heterocycles. The lowest BCUT2D eigenvalue weighted by Crippen LogP contribution is -2.51. The number of nitrogens with zero attached hydrogens (tertiary/aromatic N) is 4. The summed E-state index contributed by atoms with van der Waals surface area (Å²) in [4.78, 5) is 31.6. The molecule has 0 aliphatic carbocycles. The maximum absolute atomic E-state index is 13.0. The second-order valence-electron chi connectivity index (χ2n) is 8.66. The molecule has 2 amide bonds. The molecule has 2 fully saturated rings. The van der Waals surface area contributed by atoms with E-state index in [9.17, 15) is 9.59 Å². The molecule has 3 heterocycles. The Kier molecular flexibility index (Phi) is 7.09. The second-order valence-corrected chi connectivity index (χ2v) is 8.66. The largest absolute Gasteiger partial charge is 0.484 e. The Morgan fingerprint density at radius 1 is 1.00 bits per heavy atom. The van der Waals surface area contributed by atoms with Gasteiger partial charge in [0.2, 0.25) is 5.91 Å². The summed E-state index contributed by atoms with van der Waals surface area (Å²) in [6.45, 7) is 9.17. The molecular weight excluding hydrogens is 408 g/mol. The molecule has 2 saturated heterocycles. The van der Waals surface area contributed by atoms with Crippen LogP contribution < -0.4 is 4.74 Å². The van der Waals surface area contributed by atoms with Gasteiger partial charge in [0.15, 0.2) is 6.61 Å². The van der Waals surface area contributed by atoms with Crippen LogP contribution in [0.5, 0.6) is 5.75 Å². The van der Waals surface area contributed by atoms with Gasteiger partial charge in [-0.3, -0.25) is 14.5 Å². The number of piperazine rings is 1. The molecule has 2 aromatic rings. The van der Waals surface area contributed by atoms with Crippen LogP contribution >= 0.6 is 0 Å². The molecule has 0 atom stereocenters. The van der Waals surface area contributed by atoms with Crippen LogP contribution in [0.1, 0.15) is 29.9 Å². The minimum Gasteiger partial charge on any atom is -0.484 e. The van der Waals surface area contributed by atoms with Crippen molar-refractivity contribution in [3.05, 3.63) is 47.3 Å². The normalized spacial score (nSPS) is 18.1. The first kappa shape index (κ1) is 22.3. The zero-order chi connectivity index (χ0) is 22.5. The fourth-order valence-corrected chi connectivity index (χ4v) is 4.46. The standard InChI is InChI=1S/C24H32N4O4/c1-18-22(19(2)32-25-18)16-26-12-14-28(15-13-26)24(30)20-8-10-27(11-9-20)23(29)17-31-21-6-4-3-5-7-21/h3-7,20H,8-17H2,1-2H3. The molecule has 0 N–H and O–H groups in total. The molecule has 1 aromatic heterocycles. The van der Waals surface area contributed by atoms with Crippen LogP contribution in [0.25, 0.3) is 0 Å². The van der Waals surface area contributed by atoms with Crippen LogP contribution in [0.3, 0.4) is 0 Å². The highest BCUT2D eigenvalue weighted by Crippen LogP contribution is 2.22. The second kappa shape index (κ2) is 10.2. The third-order valence-electron chi connectivity index (χ3n) is 6.55. The van der Waals surface area contributed by atoms with Gasteiger partial charge in [0, 0.05) is 57.3 Å². The molecule has 32 heavy (non-hydrogen) atoms. The maximum atomic E-state index is 13.0. The van der Waals surface area contributed by atoms with Gasteiger partial charge in [-0.1, -0.05) is 23.4 Å².